The van der Waals surface area contributed by atoms with E-state index in [0.29, 0.717) is 37.4 Å². The van der Waals surface area contributed by atoms with Crippen LogP contribution in [0.15, 0.2) is 48.5 Å². The number of halogens is 1. The Balaban J connectivity index is 1.72. The van der Waals surface area contributed by atoms with Gasteiger partial charge in [0.1, 0.15) is 11.6 Å². The number of ether oxygens (including phenoxy) is 1. The van der Waals surface area contributed by atoms with Gasteiger partial charge in [-0.15, -0.1) is 0 Å². The van der Waals surface area contributed by atoms with E-state index in [1.807, 2.05) is 30.3 Å². The van der Waals surface area contributed by atoms with Crippen LogP contribution in [0.5, 0.6) is 5.75 Å². The molecule has 7 heteroatoms. The van der Waals surface area contributed by atoms with Gasteiger partial charge in [-0.05, 0) is 48.9 Å². The number of aliphatic hydroxyl groups is 1. The average molecular weight is 485 g/mol. The first kappa shape index (κ1) is 26.7. The monoisotopic (exact) mass is 484 g/mol. The molecule has 0 saturated carbocycles. The van der Waals surface area contributed by atoms with Crippen LogP contribution in [0.1, 0.15) is 57.1 Å². The number of hydrogen-bond acceptors (Lipinski definition) is 4. The molecule has 0 aromatic heterocycles. The molecular formula is C28H37FN2O4. The van der Waals surface area contributed by atoms with Crippen molar-refractivity contribution in [3.63, 3.8) is 0 Å². The molecule has 35 heavy (non-hydrogen) atoms. The Morgan fingerprint density at radius 1 is 1.20 bits per heavy atom. The summed E-state index contributed by atoms with van der Waals surface area (Å²) in [5.74, 6) is -1.09. The first-order valence-corrected chi connectivity index (χ1v) is 12.6. The summed E-state index contributed by atoms with van der Waals surface area (Å²) in [5, 5.41) is 14.0. The third-order valence-electron chi connectivity index (χ3n) is 6.40. The summed E-state index contributed by atoms with van der Waals surface area (Å²) in [5.41, 5.74) is 1.62. The van der Waals surface area contributed by atoms with Crippen LogP contribution >= 0.6 is 0 Å². The molecule has 2 amide bonds. The van der Waals surface area contributed by atoms with Crippen LogP contribution in [0, 0.1) is 11.7 Å². The van der Waals surface area contributed by atoms with E-state index < -0.39 is 23.9 Å². The summed E-state index contributed by atoms with van der Waals surface area (Å²) in [7, 11) is 0. The highest BCUT2D eigenvalue weighted by molar-refractivity contribution is 5.80. The van der Waals surface area contributed by atoms with Crippen molar-refractivity contribution in [2.75, 3.05) is 13.2 Å². The minimum absolute atomic E-state index is 0.123. The van der Waals surface area contributed by atoms with Gasteiger partial charge in [-0.1, -0.05) is 50.1 Å². The fourth-order valence-electron chi connectivity index (χ4n) is 4.66. The summed E-state index contributed by atoms with van der Waals surface area (Å²) < 4.78 is 20.0. The van der Waals surface area contributed by atoms with Gasteiger partial charge in [-0.3, -0.25) is 9.59 Å². The minimum Gasteiger partial charge on any atom is -0.493 e. The number of carbonyl (C=O) groups is 2. The number of carbonyl (C=O) groups excluding carboxylic acids is 2. The molecule has 1 fully saturated rings. The second kappa shape index (κ2) is 13.2. The van der Waals surface area contributed by atoms with Gasteiger partial charge in [0.25, 0.3) is 0 Å². The SMILES string of the molecule is CCCCCOc1cc(F)cc(C[C@H](NC(C)=O)[C@H](O)[C@@H]2CCCN(Cc3ccccc3)C2=O)c1. The van der Waals surface area contributed by atoms with Gasteiger partial charge >= 0.3 is 0 Å². The van der Waals surface area contributed by atoms with Crippen molar-refractivity contribution in [2.45, 2.75) is 71.1 Å². The fourth-order valence-corrected chi connectivity index (χ4v) is 4.66. The Hall–Kier alpha value is -2.93. The van der Waals surface area contributed by atoms with Gasteiger partial charge < -0.3 is 20.1 Å². The highest BCUT2D eigenvalue weighted by Crippen LogP contribution is 2.27. The zero-order valence-corrected chi connectivity index (χ0v) is 20.7. The maximum absolute atomic E-state index is 14.3. The zero-order chi connectivity index (χ0) is 25.2. The molecule has 0 spiro atoms. The van der Waals surface area contributed by atoms with Crippen LogP contribution < -0.4 is 10.1 Å². The molecule has 2 aromatic rings. The van der Waals surface area contributed by atoms with Crippen LogP contribution in [0.25, 0.3) is 0 Å². The van der Waals surface area contributed by atoms with Crippen molar-refractivity contribution in [3.8, 4) is 5.75 Å². The number of rotatable bonds is 12. The van der Waals surface area contributed by atoms with Crippen LogP contribution in [-0.4, -0.2) is 47.1 Å². The van der Waals surface area contributed by atoms with Crippen LogP contribution in [0.3, 0.4) is 0 Å². The quantitative estimate of drug-likeness (QED) is 0.442. The molecule has 0 radical (unpaired) electrons. The van der Waals surface area contributed by atoms with E-state index in [9.17, 15) is 19.1 Å². The lowest BCUT2D eigenvalue weighted by molar-refractivity contribution is -0.145. The van der Waals surface area contributed by atoms with E-state index in [1.165, 1.54) is 19.1 Å². The molecular weight excluding hydrogens is 447 g/mol. The summed E-state index contributed by atoms with van der Waals surface area (Å²) in [6.07, 6.45) is 3.39. The number of piperidine rings is 1. The van der Waals surface area contributed by atoms with Gasteiger partial charge in [0.2, 0.25) is 11.8 Å². The maximum Gasteiger partial charge on any atom is 0.228 e. The molecule has 0 unspecified atom stereocenters. The Morgan fingerprint density at radius 3 is 2.69 bits per heavy atom. The maximum atomic E-state index is 14.3. The topological polar surface area (TPSA) is 78.9 Å². The predicted octanol–water partition coefficient (Wildman–Crippen LogP) is 4.24. The van der Waals surface area contributed by atoms with E-state index in [0.717, 1.165) is 31.2 Å². The molecule has 1 aliphatic rings. The van der Waals surface area contributed by atoms with Gasteiger partial charge in [0, 0.05) is 26.1 Å². The highest BCUT2D eigenvalue weighted by atomic mass is 19.1. The van der Waals surface area contributed by atoms with Gasteiger partial charge in [-0.25, -0.2) is 4.39 Å². The molecule has 2 N–H and O–H groups in total. The molecule has 0 bridgehead atoms. The molecule has 1 saturated heterocycles. The third kappa shape index (κ3) is 8.06. The third-order valence-corrected chi connectivity index (χ3v) is 6.40. The number of aliphatic hydroxyl groups excluding tert-OH is 1. The van der Waals surface area contributed by atoms with Gasteiger partial charge in [0.15, 0.2) is 0 Å². The lowest BCUT2D eigenvalue weighted by Crippen LogP contribution is -2.53. The van der Waals surface area contributed by atoms with E-state index in [-0.39, 0.29) is 18.2 Å². The zero-order valence-electron chi connectivity index (χ0n) is 20.7. The van der Waals surface area contributed by atoms with Crippen LogP contribution in [0.2, 0.25) is 0 Å². The largest absolute Gasteiger partial charge is 0.493 e. The van der Waals surface area contributed by atoms with E-state index in [4.69, 9.17) is 4.74 Å². The Morgan fingerprint density at radius 2 is 1.97 bits per heavy atom. The molecule has 3 rings (SSSR count). The first-order chi connectivity index (χ1) is 16.9. The number of hydrogen-bond donors (Lipinski definition) is 2. The number of benzene rings is 2. The highest BCUT2D eigenvalue weighted by Gasteiger charge is 2.38. The van der Waals surface area contributed by atoms with E-state index >= 15 is 0 Å². The van der Waals surface area contributed by atoms with Crippen molar-refractivity contribution in [1.82, 2.24) is 10.2 Å². The number of amides is 2. The van der Waals surface area contributed by atoms with E-state index in [2.05, 4.69) is 12.2 Å². The van der Waals surface area contributed by atoms with Crippen molar-refractivity contribution < 1.29 is 23.8 Å². The van der Waals surface area contributed by atoms with Crippen LogP contribution in [0.4, 0.5) is 4.39 Å². The number of nitrogens with one attached hydrogen (secondary N) is 1. The van der Waals surface area contributed by atoms with Crippen molar-refractivity contribution >= 4 is 11.8 Å². The van der Waals surface area contributed by atoms with Gasteiger partial charge in [0.05, 0.1) is 24.7 Å². The standard InChI is InChI=1S/C28H37FN2O4/c1-3-4-8-14-35-24-16-22(15-23(29)18-24)17-26(30-20(2)32)27(33)25-12-9-13-31(28(25)34)19-21-10-6-5-7-11-21/h5-7,10-11,15-16,18,25-27,33H,3-4,8-9,12-14,17,19H2,1-2H3,(H,30,32)/t25-,26-,27+/m0/s1. The Labute approximate surface area is 207 Å². The van der Waals surface area contributed by atoms with Crippen molar-refractivity contribution in [3.05, 3.63) is 65.5 Å². The average Bonchev–Trinajstić information content (AvgIpc) is 2.82. The lowest BCUT2D eigenvalue weighted by atomic mass is 9.85. The Kier molecular flexibility index (Phi) is 10.1. The summed E-state index contributed by atoms with van der Waals surface area (Å²) in [6.45, 7) is 5.09. The van der Waals surface area contributed by atoms with Crippen LogP contribution in [-0.2, 0) is 22.6 Å². The van der Waals surface area contributed by atoms with E-state index in [1.54, 1.807) is 11.0 Å². The molecule has 1 aliphatic heterocycles. The summed E-state index contributed by atoms with van der Waals surface area (Å²) >= 11 is 0. The fraction of sp³-hybridized carbons (Fsp3) is 0.500. The van der Waals surface area contributed by atoms with Crippen molar-refractivity contribution in [1.29, 1.82) is 0 Å². The number of likely N-dealkylation sites (tertiary alicyclic amines) is 1. The summed E-state index contributed by atoms with van der Waals surface area (Å²) in [6, 6.07) is 13.5. The molecule has 190 valence electrons. The number of unbranched alkanes of at least 4 members (excludes halogenated alkanes) is 2. The smallest absolute Gasteiger partial charge is 0.228 e. The number of nitrogens with zero attached hydrogens (tertiary/aromatic N) is 1. The molecule has 3 atom stereocenters. The predicted molar refractivity (Wildman–Crippen MR) is 133 cm³/mol. The van der Waals surface area contributed by atoms with Gasteiger partial charge in [-0.2, -0.15) is 0 Å². The second-order valence-electron chi connectivity index (χ2n) is 9.35. The lowest BCUT2D eigenvalue weighted by Gasteiger charge is -2.37. The molecule has 6 nitrogen and oxygen atoms in total. The van der Waals surface area contributed by atoms with Crippen molar-refractivity contribution in [2.24, 2.45) is 5.92 Å². The minimum atomic E-state index is -1.10. The second-order valence-corrected chi connectivity index (χ2v) is 9.35. The molecule has 1 heterocycles. The summed E-state index contributed by atoms with van der Waals surface area (Å²) in [4.78, 5) is 27.0. The first-order valence-electron chi connectivity index (χ1n) is 12.6. The normalized spacial score (nSPS) is 17.7. The Bertz CT molecular complexity index is 969. The molecule has 0 aliphatic carbocycles. The molecule has 2 aromatic carbocycles.